The molecule has 2 aromatic carbocycles. The van der Waals surface area contributed by atoms with Gasteiger partial charge in [0.25, 0.3) is 5.91 Å². The van der Waals surface area contributed by atoms with Crippen molar-refractivity contribution in [3.05, 3.63) is 60.2 Å². The van der Waals surface area contributed by atoms with E-state index >= 15 is 0 Å². The van der Waals surface area contributed by atoms with Gasteiger partial charge in [-0.05, 0) is 31.5 Å². The summed E-state index contributed by atoms with van der Waals surface area (Å²) in [6.07, 6.45) is 0. The van der Waals surface area contributed by atoms with E-state index in [1.165, 1.54) is 6.92 Å². The van der Waals surface area contributed by atoms with E-state index in [1.807, 2.05) is 30.3 Å². The van der Waals surface area contributed by atoms with Crippen LogP contribution in [0.1, 0.15) is 19.4 Å². The first-order valence-electron chi connectivity index (χ1n) is 7.88. The number of nitrogens with zero attached hydrogens (tertiary/aromatic N) is 4. The van der Waals surface area contributed by atoms with Gasteiger partial charge in [-0.2, -0.15) is 5.10 Å². The Labute approximate surface area is 145 Å². The number of carbonyl (C=O) groups excluding carboxylic acids is 1. The Morgan fingerprint density at radius 3 is 2.64 bits per heavy atom. The van der Waals surface area contributed by atoms with E-state index in [0.29, 0.717) is 17.8 Å². The topological polar surface area (TPSA) is 92.4 Å². The standard InChI is InChI=1S/C18H19N5O2/c1-13(12-23-16-11-7-6-10-15(16)20-22-23)19-21-17(24)18(2,25)14-8-4-3-5-9-14/h3-11,25H,12H2,1-2H3,(H,21,24)/t18-/m0/s1. The van der Waals surface area contributed by atoms with E-state index in [2.05, 4.69) is 20.8 Å². The number of para-hydroxylation sites is 1. The number of fused-ring (bicyclic) bond motifs is 1. The van der Waals surface area contributed by atoms with Gasteiger partial charge in [0, 0.05) is 0 Å². The Kier molecular flexibility index (Phi) is 4.58. The van der Waals surface area contributed by atoms with E-state index in [-0.39, 0.29) is 0 Å². The first kappa shape index (κ1) is 16.8. The summed E-state index contributed by atoms with van der Waals surface area (Å²) in [4.78, 5) is 12.3. The minimum absolute atomic E-state index is 0.383. The molecule has 7 heteroatoms. The molecule has 0 aliphatic heterocycles. The van der Waals surface area contributed by atoms with Crippen molar-refractivity contribution in [3.8, 4) is 0 Å². The van der Waals surface area contributed by atoms with Crippen molar-refractivity contribution in [1.82, 2.24) is 20.4 Å². The monoisotopic (exact) mass is 337 g/mol. The number of hydrogen-bond acceptors (Lipinski definition) is 5. The van der Waals surface area contributed by atoms with Gasteiger partial charge in [0.15, 0.2) is 5.60 Å². The van der Waals surface area contributed by atoms with Crippen LogP contribution in [-0.2, 0) is 16.9 Å². The Bertz CT molecular complexity index is 915. The van der Waals surface area contributed by atoms with Gasteiger partial charge in [0.2, 0.25) is 0 Å². The fourth-order valence-corrected chi connectivity index (χ4v) is 2.44. The van der Waals surface area contributed by atoms with Gasteiger partial charge >= 0.3 is 0 Å². The van der Waals surface area contributed by atoms with Crippen LogP contribution in [0, 0.1) is 0 Å². The van der Waals surface area contributed by atoms with Gasteiger partial charge in [-0.3, -0.25) is 4.79 Å². The molecule has 0 saturated heterocycles. The van der Waals surface area contributed by atoms with Crippen molar-refractivity contribution in [3.63, 3.8) is 0 Å². The first-order chi connectivity index (χ1) is 12.0. The highest BCUT2D eigenvalue weighted by molar-refractivity contribution is 5.89. The number of amides is 1. The summed E-state index contributed by atoms with van der Waals surface area (Å²) in [5.74, 6) is -0.596. The Balaban J connectivity index is 1.70. The van der Waals surface area contributed by atoms with Gasteiger partial charge in [-0.15, -0.1) is 5.10 Å². The number of aliphatic hydroxyl groups is 1. The van der Waals surface area contributed by atoms with Crippen molar-refractivity contribution in [2.24, 2.45) is 5.10 Å². The molecule has 1 atom stereocenters. The van der Waals surface area contributed by atoms with Crippen molar-refractivity contribution in [2.45, 2.75) is 26.0 Å². The number of rotatable bonds is 5. The molecule has 3 rings (SSSR count). The molecule has 0 radical (unpaired) electrons. The largest absolute Gasteiger partial charge is 0.375 e. The third-order valence-corrected chi connectivity index (χ3v) is 3.93. The highest BCUT2D eigenvalue weighted by Gasteiger charge is 2.32. The molecule has 1 heterocycles. The van der Waals surface area contributed by atoms with Crippen LogP contribution in [-0.4, -0.2) is 31.7 Å². The summed E-state index contributed by atoms with van der Waals surface area (Å²) in [5, 5.41) is 22.7. The second-order valence-electron chi connectivity index (χ2n) is 5.96. The lowest BCUT2D eigenvalue weighted by Gasteiger charge is -2.21. The minimum Gasteiger partial charge on any atom is -0.375 e. The smallest absolute Gasteiger partial charge is 0.276 e. The van der Waals surface area contributed by atoms with E-state index in [1.54, 1.807) is 35.9 Å². The van der Waals surface area contributed by atoms with Crippen LogP contribution in [0.25, 0.3) is 11.0 Å². The number of benzene rings is 2. The van der Waals surface area contributed by atoms with Crippen LogP contribution >= 0.6 is 0 Å². The quantitative estimate of drug-likeness (QED) is 0.549. The number of hydrogen-bond donors (Lipinski definition) is 2. The summed E-state index contributed by atoms with van der Waals surface area (Å²) < 4.78 is 1.70. The normalized spacial score (nSPS) is 14.3. The molecular weight excluding hydrogens is 318 g/mol. The molecule has 25 heavy (non-hydrogen) atoms. The number of nitrogens with one attached hydrogen (secondary N) is 1. The third kappa shape index (κ3) is 3.56. The highest BCUT2D eigenvalue weighted by Crippen LogP contribution is 2.20. The zero-order chi connectivity index (χ0) is 17.9. The van der Waals surface area contributed by atoms with E-state index in [0.717, 1.165) is 11.0 Å². The molecule has 0 unspecified atom stereocenters. The predicted molar refractivity (Wildman–Crippen MR) is 94.8 cm³/mol. The maximum atomic E-state index is 12.3. The average Bonchev–Trinajstić information content (AvgIpc) is 3.03. The van der Waals surface area contributed by atoms with Gasteiger partial charge in [-0.25, -0.2) is 10.1 Å². The third-order valence-electron chi connectivity index (χ3n) is 3.93. The minimum atomic E-state index is -1.66. The second-order valence-corrected chi connectivity index (χ2v) is 5.96. The van der Waals surface area contributed by atoms with E-state index in [9.17, 15) is 9.90 Å². The first-order valence-corrected chi connectivity index (χ1v) is 7.88. The molecular formula is C18H19N5O2. The SMILES string of the molecule is CC(Cn1nnc2ccccc21)=NNC(=O)[C@@](C)(O)c1ccccc1. The van der Waals surface area contributed by atoms with Crippen LogP contribution < -0.4 is 5.43 Å². The van der Waals surface area contributed by atoms with E-state index < -0.39 is 11.5 Å². The lowest BCUT2D eigenvalue weighted by molar-refractivity contribution is -0.139. The lowest BCUT2D eigenvalue weighted by Crippen LogP contribution is -2.40. The van der Waals surface area contributed by atoms with E-state index in [4.69, 9.17) is 0 Å². The summed E-state index contributed by atoms with van der Waals surface area (Å²) >= 11 is 0. The predicted octanol–water partition coefficient (Wildman–Crippen LogP) is 1.83. The zero-order valence-electron chi connectivity index (χ0n) is 14.0. The van der Waals surface area contributed by atoms with Crippen LogP contribution in [0.4, 0.5) is 0 Å². The average molecular weight is 337 g/mol. The second kappa shape index (κ2) is 6.82. The van der Waals surface area contributed by atoms with Gasteiger partial charge in [0.1, 0.15) is 5.52 Å². The Hall–Kier alpha value is -3.06. The Morgan fingerprint density at radius 1 is 1.20 bits per heavy atom. The molecule has 0 aliphatic carbocycles. The summed E-state index contributed by atoms with van der Waals surface area (Å²) in [7, 11) is 0. The molecule has 7 nitrogen and oxygen atoms in total. The Morgan fingerprint density at radius 2 is 1.88 bits per heavy atom. The molecule has 0 aliphatic rings. The molecule has 0 bridgehead atoms. The molecule has 1 aromatic heterocycles. The molecule has 0 spiro atoms. The van der Waals surface area contributed by atoms with Crippen LogP contribution in [0.2, 0.25) is 0 Å². The summed E-state index contributed by atoms with van der Waals surface area (Å²) in [5.41, 5.74) is 3.58. The van der Waals surface area contributed by atoms with Crippen LogP contribution in [0.5, 0.6) is 0 Å². The van der Waals surface area contributed by atoms with Crippen molar-refractivity contribution >= 4 is 22.7 Å². The van der Waals surface area contributed by atoms with Gasteiger partial charge in [-0.1, -0.05) is 47.7 Å². The zero-order valence-corrected chi connectivity index (χ0v) is 14.0. The highest BCUT2D eigenvalue weighted by atomic mass is 16.3. The van der Waals surface area contributed by atoms with Crippen LogP contribution in [0.15, 0.2) is 59.7 Å². The maximum absolute atomic E-state index is 12.3. The maximum Gasteiger partial charge on any atom is 0.276 e. The fraction of sp³-hybridized carbons (Fsp3) is 0.222. The molecule has 2 N–H and O–H groups in total. The lowest BCUT2D eigenvalue weighted by atomic mass is 9.95. The summed E-state index contributed by atoms with van der Waals surface area (Å²) in [6, 6.07) is 16.3. The van der Waals surface area contributed by atoms with Gasteiger partial charge < -0.3 is 5.11 Å². The van der Waals surface area contributed by atoms with Crippen LogP contribution in [0.3, 0.4) is 0 Å². The van der Waals surface area contributed by atoms with Gasteiger partial charge in [0.05, 0.1) is 17.8 Å². The number of aromatic nitrogens is 3. The molecule has 3 aromatic rings. The van der Waals surface area contributed by atoms with Crippen molar-refractivity contribution in [2.75, 3.05) is 0 Å². The molecule has 1 amide bonds. The molecule has 0 saturated carbocycles. The molecule has 128 valence electrons. The summed E-state index contributed by atoms with van der Waals surface area (Å²) in [6.45, 7) is 3.59. The number of hydrazone groups is 1. The number of carbonyl (C=O) groups is 1. The molecule has 0 fully saturated rings. The fourth-order valence-electron chi connectivity index (χ4n) is 2.44. The van der Waals surface area contributed by atoms with Crippen molar-refractivity contribution < 1.29 is 9.90 Å². The van der Waals surface area contributed by atoms with Crippen molar-refractivity contribution in [1.29, 1.82) is 0 Å².